The lowest BCUT2D eigenvalue weighted by atomic mass is 10.1. The minimum Gasteiger partial charge on any atom is -0.274 e. The molecular weight excluding hydrogens is 250 g/mol. The number of rotatable bonds is 2. The second kappa shape index (κ2) is 4.42. The van der Waals surface area contributed by atoms with Crippen LogP contribution in [0.1, 0.15) is 6.92 Å². The standard InChI is InChI=1S/C13H13NO3S/c1-10(15)14(18(2,16)17)13-9-5-7-11-6-3-4-8-12(11)13/h3-9H,1-2H3. The predicted octanol–water partition coefficient (Wildman–Crippen LogP) is 2.15. The summed E-state index contributed by atoms with van der Waals surface area (Å²) in [5.41, 5.74) is 0.392. The summed E-state index contributed by atoms with van der Waals surface area (Å²) in [5, 5.41) is 1.63. The highest BCUT2D eigenvalue weighted by molar-refractivity contribution is 7.92. The summed E-state index contributed by atoms with van der Waals surface area (Å²) in [5.74, 6) is -0.520. The van der Waals surface area contributed by atoms with E-state index in [9.17, 15) is 13.2 Å². The molecule has 0 N–H and O–H groups in total. The number of carbonyl (C=O) groups excluding carboxylic acids is 1. The Kier molecular flexibility index (Phi) is 3.09. The number of amides is 1. The van der Waals surface area contributed by atoms with Gasteiger partial charge in [-0.05, 0) is 11.5 Å². The predicted molar refractivity (Wildman–Crippen MR) is 72.0 cm³/mol. The average molecular weight is 263 g/mol. The van der Waals surface area contributed by atoms with Crippen LogP contribution in [-0.4, -0.2) is 20.6 Å². The van der Waals surface area contributed by atoms with Crippen molar-refractivity contribution in [1.82, 2.24) is 0 Å². The van der Waals surface area contributed by atoms with Gasteiger partial charge in [0.25, 0.3) is 0 Å². The summed E-state index contributed by atoms with van der Waals surface area (Å²) in [6.07, 6.45) is 1.02. The van der Waals surface area contributed by atoms with Crippen LogP contribution in [0.25, 0.3) is 10.8 Å². The lowest BCUT2D eigenvalue weighted by molar-refractivity contribution is -0.115. The minimum absolute atomic E-state index is 0.392. The molecule has 0 aliphatic rings. The lowest BCUT2D eigenvalue weighted by Crippen LogP contribution is -2.34. The maximum absolute atomic E-state index is 11.7. The topological polar surface area (TPSA) is 54.5 Å². The van der Waals surface area contributed by atoms with Crippen molar-refractivity contribution in [1.29, 1.82) is 0 Å². The van der Waals surface area contributed by atoms with Crippen molar-refractivity contribution >= 4 is 32.4 Å². The van der Waals surface area contributed by atoms with Gasteiger partial charge in [0.2, 0.25) is 15.9 Å². The summed E-state index contributed by atoms with van der Waals surface area (Å²) in [7, 11) is -3.62. The van der Waals surface area contributed by atoms with E-state index in [1.807, 2.05) is 24.3 Å². The van der Waals surface area contributed by atoms with Gasteiger partial charge in [-0.3, -0.25) is 4.79 Å². The zero-order valence-electron chi connectivity index (χ0n) is 10.1. The van der Waals surface area contributed by atoms with Gasteiger partial charge < -0.3 is 0 Å². The third-order valence-corrected chi connectivity index (χ3v) is 3.72. The quantitative estimate of drug-likeness (QED) is 0.834. The van der Waals surface area contributed by atoms with Crippen molar-refractivity contribution in [3.63, 3.8) is 0 Å². The molecule has 1 amide bonds. The van der Waals surface area contributed by atoms with Gasteiger partial charge in [0, 0.05) is 12.3 Å². The Morgan fingerprint density at radius 3 is 2.28 bits per heavy atom. The van der Waals surface area contributed by atoms with E-state index in [0.717, 1.165) is 21.3 Å². The van der Waals surface area contributed by atoms with E-state index < -0.39 is 15.9 Å². The maximum atomic E-state index is 11.7. The third-order valence-electron chi connectivity index (χ3n) is 2.60. The van der Waals surface area contributed by atoms with Gasteiger partial charge in [0.05, 0.1) is 11.9 Å². The molecule has 94 valence electrons. The van der Waals surface area contributed by atoms with E-state index in [2.05, 4.69) is 0 Å². The zero-order valence-corrected chi connectivity index (χ0v) is 10.9. The van der Waals surface area contributed by atoms with Crippen LogP contribution in [0, 0.1) is 0 Å². The van der Waals surface area contributed by atoms with Crippen LogP contribution >= 0.6 is 0 Å². The monoisotopic (exact) mass is 263 g/mol. The molecular formula is C13H13NO3S. The first-order chi connectivity index (χ1) is 8.41. The Hall–Kier alpha value is -1.88. The van der Waals surface area contributed by atoms with Crippen molar-refractivity contribution in [2.24, 2.45) is 0 Å². The van der Waals surface area contributed by atoms with Crippen LogP contribution in [0.5, 0.6) is 0 Å². The molecule has 0 aliphatic heterocycles. The van der Waals surface area contributed by atoms with Gasteiger partial charge in [-0.2, -0.15) is 0 Å². The Morgan fingerprint density at radius 1 is 1.06 bits per heavy atom. The number of fused-ring (bicyclic) bond motifs is 1. The van der Waals surface area contributed by atoms with Crippen LogP contribution in [0.15, 0.2) is 42.5 Å². The molecule has 0 fully saturated rings. The highest BCUT2D eigenvalue weighted by Gasteiger charge is 2.23. The van der Waals surface area contributed by atoms with Crippen LogP contribution in [0.2, 0.25) is 0 Å². The molecule has 0 atom stereocenters. The SMILES string of the molecule is CC(=O)N(c1cccc2ccccc12)S(C)(=O)=O. The Bertz CT molecular complexity index is 702. The summed E-state index contributed by atoms with van der Waals surface area (Å²) >= 11 is 0. The van der Waals surface area contributed by atoms with Crippen molar-refractivity contribution < 1.29 is 13.2 Å². The first kappa shape index (κ1) is 12.6. The largest absolute Gasteiger partial charge is 0.274 e. The molecule has 0 spiro atoms. The van der Waals surface area contributed by atoms with Crippen LogP contribution in [-0.2, 0) is 14.8 Å². The molecule has 2 aromatic rings. The Labute approximate surface area is 106 Å². The van der Waals surface area contributed by atoms with Crippen molar-refractivity contribution in [3.8, 4) is 0 Å². The highest BCUT2D eigenvalue weighted by atomic mass is 32.2. The summed E-state index contributed by atoms with van der Waals surface area (Å²) in [6.45, 7) is 1.24. The molecule has 5 heteroatoms. The third kappa shape index (κ3) is 2.22. The number of hydrogen-bond donors (Lipinski definition) is 0. The number of sulfonamides is 1. The van der Waals surface area contributed by atoms with Crippen molar-refractivity contribution in [3.05, 3.63) is 42.5 Å². The van der Waals surface area contributed by atoms with Crippen LogP contribution < -0.4 is 4.31 Å². The average Bonchev–Trinajstić information content (AvgIpc) is 2.27. The molecule has 4 nitrogen and oxygen atoms in total. The second-order valence-electron chi connectivity index (χ2n) is 4.04. The zero-order chi connectivity index (χ0) is 13.3. The fourth-order valence-corrected chi connectivity index (χ4v) is 2.95. The summed E-state index contributed by atoms with van der Waals surface area (Å²) < 4.78 is 24.3. The Morgan fingerprint density at radius 2 is 1.67 bits per heavy atom. The highest BCUT2D eigenvalue weighted by Crippen LogP contribution is 2.28. The first-order valence-corrected chi connectivity index (χ1v) is 7.25. The minimum atomic E-state index is -3.62. The van der Waals surface area contributed by atoms with E-state index in [1.54, 1.807) is 18.2 Å². The number of carbonyl (C=O) groups is 1. The number of benzene rings is 2. The maximum Gasteiger partial charge on any atom is 0.238 e. The van der Waals surface area contributed by atoms with Gasteiger partial charge >= 0.3 is 0 Å². The van der Waals surface area contributed by atoms with E-state index in [0.29, 0.717) is 5.69 Å². The molecule has 0 radical (unpaired) electrons. The molecule has 18 heavy (non-hydrogen) atoms. The second-order valence-corrected chi connectivity index (χ2v) is 5.88. The molecule has 0 saturated carbocycles. The van der Waals surface area contributed by atoms with Gasteiger partial charge in [-0.25, -0.2) is 12.7 Å². The normalized spacial score (nSPS) is 11.4. The molecule has 0 heterocycles. The van der Waals surface area contributed by atoms with Crippen LogP contribution in [0.3, 0.4) is 0 Å². The van der Waals surface area contributed by atoms with Crippen molar-refractivity contribution in [2.45, 2.75) is 6.92 Å². The van der Waals surface area contributed by atoms with E-state index in [1.165, 1.54) is 6.92 Å². The smallest absolute Gasteiger partial charge is 0.238 e. The molecule has 0 unspecified atom stereocenters. The van der Waals surface area contributed by atoms with Gasteiger partial charge in [-0.15, -0.1) is 0 Å². The Balaban J connectivity index is 2.77. The summed E-state index contributed by atoms with van der Waals surface area (Å²) in [4.78, 5) is 11.6. The van der Waals surface area contributed by atoms with E-state index in [-0.39, 0.29) is 0 Å². The van der Waals surface area contributed by atoms with Gasteiger partial charge in [-0.1, -0.05) is 36.4 Å². The molecule has 2 rings (SSSR count). The fraction of sp³-hybridized carbons (Fsp3) is 0.154. The number of anilines is 1. The molecule has 2 aromatic carbocycles. The number of hydrogen-bond acceptors (Lipinski definition) is 3. The van der Waals surface area contributed by atoms with Gasteiger partial charge in [0.15, 0.2) is 0 Å². The van der Waals surface area contributed by atoms with Crippen molar-refractivity contribution in [2.75, 3.05) is 10.6 Å². The lowest BCUT2D eigenvalue weighted by Gasteiger charge is -2.20. The first-order valence-electron chi connectivity index (χ1n) is 5.40. The van der Waals surface area contributed by atoms with Crippen LogP contribution in [0.4, 0.5) is 5.69 Å². The summed E-state index contributed by atoms with van der Waals surface area (Å²) in [6, 6.07) is 12.6. The van der Waals surface area contributed by atoms with Gasteiger partial charge in [0.1, 0.15) is 0 Å². The number of nitrogens with zero attached hydrogens (tertiary/aromatic N) is 1. The molecule has 0 aliphatic carbocycles. The fourth-order valence-electron chi connectivity index (χ4n) is 1.97. The molecule has 0 aromatic heterocycles. The molecule has 0 saturated heterocycles. The molecule has 0 bridgehead atoms. The van der Waals surface area contributed by atoms with E-state index in [4.69, 9.17) is 0 Å². The van der Waals surface area contributed by atoms with E-state index >= 15 is 0 Å².